The van der Waals surface area contributed by atoms with E-state index in [9.17, 15) is 19.2 Å². The maximum absolute atomic E-state index is 9.79. The fraction of sp³-hybridized carbons (Fsp3) is 0.550. The molecule has 0 saturated carbocycles. The molecule has 10 heteroatoms. The van der Waals surface area contributed by atoms with Gasteiger partial charge in [0, 0.05) is 44.1 Å². The summed E-state index contributed by atoms with van der Waals surface area (Å²) in [6.45, 7) is 1.22. The number of likely N-dealkylation sites (tertiary alicyclic amines) is 1. The Morgan fingerprint density at radius 3 is 1.70 bits per heavy atom. The lowest BCUT2D eigenvalue weighted by Gasteiger charge is -2.18. The summed E-state index contributed by atoms with van der Waals surface area (Å²) in [5.41, 5.74) is 1.36. The fourth-order valence-corrected chi connectivity index (χ4v) is 2.69. The molecule has 1 aliphatic heterocycles. The van der Waals surface area contributed by atoms with Gasteiger partial charge in [0.1, 0.15) is 0 Å². The summed E-state index contributed by atoms with van der Waals surface area (Å²) in [6, 6.07) is 4.79. The zero-order valence-electron chi connectivity index (χ0n) is 17.1. The van der Waals surface area contributed by atoms with Crippen LogP contribution in [0, 0.1) is 0 Å². The van der Waals surface area contributed by atoms with Gasteiger partial charge in [-0.15, -0.1) is 0 Å². The van der Waals surface area contributed by atoms with Crippen molar-refractivity contribution in [2.45, 2.75) is 57.4 Å². The highest BCUT2D eigenvalue weighted by Crippen LogP contribution is 2.29. The van der Waals surface area contributed by atoms with Crippen molar-refractivity contribution in [3.05, 3.63) is 30.1 Å². The maximum Gasteiger partial charge on any atom is 0.303 e. The maximum atomic E-state index is 9.79. The molecule has 168 valence electrons. The van der Waals surface area contributed by atoms with Gasteiger partial charge in [-0.2, -0.15) is 0 Å². The number of rotatable bonds is 9. The monoisotopic (exact) mass is 426 g/mol. The summed E-state index contributed by atoms with van der Waals surface area (Å²) in [5, 5.41) is 32.1. The van der Waals surface area contributed by atoms with E-state index in [0.29, 0.717) is 6.04 Å². The predicted molar refractivity (Wildman–Crippen MR) is 107 cm³/mol. The van der Waals surface area contributed by atoms with Gasteiger partial charge < -0.3 is 20.4 Å². The van der Waals surface area contributed by atoms with Crippen molar-refractivity contribution in [3.8, 4) is 0 Å². The molecule has 30 heavy (non-hydrogen) atoms. The van der Waals surface area contributed by atoms with Crippen LogP contribution in [0.1, 0.15) is 63.0 Å². The SMILES string of the molecule is CN1CCCC1c1cccnc1.O=C(O)CCCC(=O)O.O=C(O)CCCC(=O)O. The van der Waals surface area contributed by atoms with Crippen LogP contribution >= 0.6 is 0 Å². The lowest BCUT2D eigenvalue weighted by molar-refractivity contribution is -0.140. The second-order valence-electron chi connectivity index (χ2n) is 6.71. The molecule has 1 unspecified atom stereocenters. The third-order valence-corrected chi connectivity index (χ3v) is 4.15. The highest BCUT2D eigenvalue weighted by Gasteiger charge is 2.21. The first-order chi connectivity index (χ1) is 14.1. The molecular weight excluding hydrogens is 396 g/mol. The van der Waals surface area contributed by atoms with Crippen molar-refractivity contribution in [2.24, 2.45) is 0 Å². The van der Waals surface area contributed by atoms with Crippen LogP contribution < -0.4 is 0 Å². The van der Waals surface area contributed by atoms with Crippen LogP contribution in [0.2, 0.25) is 0 Å². The first-order valence-electron chi connectivity index (χ1n) is 9.60. The number of carboxylic acids is 4. The molecular formula is C20H30N2O8. The number of aromatic nitrogens is 1. The molecule has 10 nitrogen and oxygen atoms in total. The predicted octanol–water partition coefficient (Wildman–Crippen LogP) is 2.50. The van der Waals surface area contributed by atoms with E-state index in [0.717, 1.165) is 0 Å². The molecule has 1 saturated heterocycles. The first kappa shape index (κ1) is 27.0. The summed E-state index contributed by atoms with van der Waals surface area (Å²) >= 11 is 0. The summed E-state index contributed by atoms with van der Waals surface area (Å²) in [4.78, 5) is 45.7. The lowest BCUT2D eigenvalue weighted by Crippen LogP contribution is -2.17. The van der Waals surface area contributed by atoms with Crippen LogP contribution in [0.15, 0.2) is 24.5 Å². The van der Waals surface area contributed by atoms with Gasteiger partial charge in [-0.25, -0.2) is 0 Å². The third kappa shape index (κ3) is 15.0. The van der Waals surface area contributed by atoms with E-state index in [-0.39, 0.29) is 38.5 Å². The molecule has 1 fully saturated rings. The molecule has 1 aliphatic rings. The molecule has 2 heterocycles. The van der Waals surface area contributed by atoms with Crippen LogP contribution in [-0.2, 0) is 19.2 Å². The van der Waals surface area contributed by atoms with E-state index in [4.69, 9.17) is 20.4 Å². The number of nitrogens with zero attached hydrogens (tertiary/aromatic N) is 2. The van der Waals surface area contributed by atoms with E-state index in [1.54, 1.807) is 0 Å². The van der Waals surface area contributed by atoms with Crippen molar-refractivity contribution in [2.75, 3.05) is 13.6 Å². The minimum absolute atomic E-state index is 0.0632. The molecule has 4 N–H and O–H groups in total. The normalized spacial score (nSPS) is 15.2. The first-order valence-corrected chi connectivity index (χ1v) is 9.60. The van der Waals surface area contributed by atoms with Gasteiger partial charge in [0.25, 0.3) is 0 Å². The highest BCUT2D eigenvalue weighted by molar-refractivity contribution is 5.70. The Kier molecular flexibility index (Phi) is 14.3. The standard InChI is InChI=1S/C10H14N2.2C5H8O4/c1-12-7-3-5-10(12)9-4-2-6-11-8-9;2*6-4(7)2-1-3-5(8)9/h2,4,6,8,10H,3,5,7H2,1H3;2*1-3H2,(H,6,7)(H,8,9). The van der Waals surface area contributed by atoms with Crippen LogP contribution in [0.25, 0.3) is 0 Å². The number of aliphatic carboxylic acids is 4. The molecule has 1 atom stereocenters. The smallest absolute Gasteiger partial charge is 0.303 e. The zero-order chi connectivity index (χ0) is 22.9. The average molecular weight is 426 g/mol. The minimum Gasteiger partial charge on any atom is -0.481 e. The van der Waals surface area contributed by atoms with Crippen LogP contribution in [0.3, 0.4) is 0 Å². The fourth-order valence-electron chi connectivity index (χ4n) is 2.69. The van der Waals surface area contributed by atoms with Crippen LogP contribution in [0.5, 0.6) is 0 Å². The minimum atomic E-state index is -0.948. The van der Waals surface area contributed by atoms with Gasteiger partial charge in [-0.1, -0.05) is 6.07 Å². The molecule has 0 spiro atoms. The van der Waals surface area contributed by atoms with E-state index in [1.165, 1.54) is 24.9 Å². The summed E-state index contributed by atoms with van der Waals surface area (Å²) in [7, 11) is 2.19. The van der Waals surface area contributed by atoms with E-state index < -0.39 is 23.9 Å². The molecule has 0 bridgehead atoms. The van der Waals surface area contributed by atoms with Gasteiger partial charge >= 0.3 is 23.9 Å². The summed E-state index contributed by atoms with van der Waals surface area (Å²) in [6.07, 6.45) is 6.58. The van der Waals surface area contributed by atoms with Crippen LogP contribution in [-0.4, -0.2) is 67.8 Å². The Morgan fingerprint density at radius 1 is 0.933 bits per heavy atom. The number of carboxylic acid groups (broad SMARTS) is 4. The average Bonchev–Trinajstić information content (AvgIpc) is 3.08. The van der Waals surface area contributed by atoms with Gasteiger partial charge in [0.15, 0.2) is 0 Å². The van der Waals surface area contributed by atoms with Gasteiger partial charge in [0.05, 0.1) is 0 Å². The number of hydrogen-bond acceptors (Lipinski definition) is 6. The van der Waals surface area contributed by atoms with E-state index in [2.05, 4.69) is 23.0 Å². The largest absolute Gasteiger partial charge is 0.481 e. The molecule has 1 aromatic rings. The zero-order valence-corrected chi connectivity index (χ0v) is 17.1. The van der Waals surface area contributed by atoms with E-state index >= 15 is 0 Å². The summed E-state index contributed by atoms with van der Waals surface area (Å²) in [5.74, 6) is -3.79. The van der Waals surface area contributed by atoms with Gasteiger partial charge in [-0.3, -0.25) is 29.1 Å². The van der Waals surface area contributed by atoms with Crippen molar-refractivity contribution in [1.82, 2.24) is 9.88 Å². The van der Waals surface area contributed by atoms with Crippen molar-refractivity contribution < 1.29 is 39.6 Å². The van der Waals surface area contributed by atoms with Crippen molar-refractivity contribution >= 4 is 23.9 Å². The second-order valence-corrected chi connectivity index (χ2v) is 6.71. The molecule has 0 aromatic carbocycles. The van der Waals surface area contributed by atoms with Crippen molar-refractivity contribution in [3.63, 3.8) is 0 Å². The number of pyridine rings is 1. The molecule has 2 rings (SSSR count). The second kappa shape index (κ2) is 15.9. The van der Waals surface area contributed by atoms with Crippen LogP contribution in [0.4, 0.5) is 0 Å². The number of carbonyl (C=O) groups is 4. The molecule has 0 amide bonds. The Balaban J connectivity index is 0.000000430. The molecule has 1 aromatic heterocycles. The Labute approximate surface area is 175 Å². The van der Waals surface area contributed by atoms with Gasteiger partial charge in [0.2, 0.25) is 0 Å². The Bertz CT molecular complexity index is 608. The van der Waals surface area contributed by atoms with E-state index in [1.807, 2.05) is 18.5 Å². The van der Waals surface area contributed by atoms with Crippen molar-refractivity contribution in [1.29, 1.82) is 0 Å². The highest BCUT2D eigenvalue weighted by atomic mass is 16.4. The van der Waals surface area contributed by atoms with Gasteiger partial charge in [-0.05, 0) is 50.9 Å². The lowest BCUT2D eigenvalue weighted by atomic mass is 10.1. The Morgan fingerprint density at radius 2 is 1.40 bits per heavy atom. The third-order valence-electron chi connectivity index (χ3n) is 4.15. The quantitative estimate of drug-likeness (QED) is 0.461. The molecule has 0 radical (unpaired) electrons. The number of hydrogen-bond donors (Lipinski definition) is 4. The Hall–Kier alpha value is -3.01. The topological polar surface area (TPSA) is 165 Å². The summed E-state index contributed by atoms with van der Waals surface area (Å²) < 4.78 is 0. The molecule has 0 aliphatic carbocycles.